The first-order chi connectivity index (χ1) is 16.0. The van der Waals surface area contributed by atoms with Crippen LogP contribution in [0.25, 0.3) is 10.9 Å². The highest BCUT2D eigenvalue weighted by Crippen LogP contribution is 2.41. The normalized spacial score (nSPS) is 22.3. The van der Waals surface area contributed by atoms with E-state index in [2.05, 4.69) is 26.7 Å². The van der Waals surface area contributed by atoms with Crippen LogP contribution in [0.15, 0.2) is 53.5 Å². The summed E-state index contributed by atoms with van der Waals surface area (Å²) in [6, 6.07) is 14.1. The number of piperazine rings is 1. The molecule has 1 aliphatic carbocycles. The number of rotatable bonds is 5. The van der Waals surface area contributed by atoms with Gasteiger partial charge in [0, 0.05) is 37.8 Å². The minimum absolute atomic E-state index is 0.150. The van der Waals surface area contributed by atoms with Crippen LogP contribution >= 0.6 is 0 Å². The molecule has 2 unspecified atom stereocenters. The van der Waals surface area contributed by atoms with E-state index < -0.39 is 17.4 Å². The fourth-order valence-electron chi connectivity index (χ4n) is 5.43. The van der Waals surface area contributed by atoms with Crippen LogP contribution in [0.4, 0.5) is 14.9 Å². The summed E-state index contributed by atoms with van der Waals surface area (Å²) in [6.45, 7) is 2.51. The molecule has 3 aliphatic rings. The topological polar surface area (TPSA) is 75.0 Å². The van der Waals surface area contributed by atoms with Crippen LogP contribution in [-0.4, -0.2) is 45.9 Å². The zero-order chi connectivity index (χ0) is 22.7. The number of ether oxygens (including phenoxy) is 1. The van der Waals surface area contributed by atoms with E-state index in [9.17, 15) is 9.59 Å². The van der Waals surface area contributed by atoms with Gasteiger partial charge >= 0.3 is 6.16 Å². The molecule has 3 aromatic rings. The van der Waals surface area contributed by atoms with Crippen LogP contribution in [0, 0.1) is 5.82 Å². The van der Waals surface area contributed by atoms with E-state index in [0.717, 1.165) is 38.9 Å². The van der Waals surface area contributed by atoms with Gasteiger partial charge < -0.3 is 19.3 Å². The minimum Gasteiger partial charge on any atom is -0.449 e. The van der Waals surface area contributed by atoms with Gasteiger partial charge in [-0.3, -0.25) is 9.69 Å². The first kappa shape index (κ1) is 20.2. The number of carbonyl (C=O) groups is 1. The average molecular weight is 449 g/mol. The Balaban J connectivity index is 1.33. The Bertz CT molecular complexity index is 1300. The number of halogens is 1. The third-order valence-corrected chi connectivity index (χ3v) is 7.10. The molecule has 2 saturated heterocycles. The number of hydrogen-bond donors (Lipinski definition) is 1. The fourth-order valence-corrected chi connectivity index (χ4v) is 5.43. The quantitative estimate of drug-likeness (QED) is 0.594. The maximum atomic E-state index is 15.3. The van der Waals surface area contributed by atoms with Gasteiger partial charge in [0.1, 0.15) is 5.82 Å². The number of nitrogens with zero attached hydrogens (tertiary/aromatic N) is 3. The van der Waals surface area contributed by atoms with Crippen LogP contribution in [0.1, 0.15) is 30.9 Å². The number of likely N-dealkylation sites (tertiary alicyclic amines) is 1. The van der Waals surface area contributed by atoms with Crippen molar-refractivity contribution in [2.75, 3.05) is 18.0 Å². The van der Waals surface area contributed by atoms with E-state index in [0.29, 0.717) is 17.2 Å². The molecule has 3 heterocycles. The van der Waals surface area contributed by atoms with E-state index in [1.54, 1.807) is 6.07 Å². The molecule has 0 amide bonds. The molecule has 8 heteroatoms. The summed E-state index contributed by atoms with van der Waals surface area (Å²) in [5, 5.41) is 9.12. The SMILES string of the molecule is O=C(O)Oc1cn(C2CC2)c2cc(N3CC4CC3CN4Cc3ccccc3)c(F)cc2c1=O. The zero-order valence-corrected chi connectivity index (χ0v) is 18.0. The van der Waals surface area contributed by atoms with E-state index in [-0.39, 0.29) is 23.2 Å². The Morgan fingerprint density at radius 3 is 2.55 bits per heavy atom. The minimum atomic E-state index is -1.56. The molecule has 6 rings (SSSR count). The van der Waals surface area contributed by atoms with Crippen molar-refractivity contribution in [2.24, 2.45) is 0 Å². The summed E-state index contributed by atoms with van der Waals surface area (Å²) in [5.41, 5.74) is 1.81. The van der Waals surface area contributed by atoms with Crippen LogP contribution < -0.4 is 15.1 Å². The number of carboxylic acid groups (broad SMARTS) is 1. The van der Waals surface area contributed by atoms with Crippen molar-refractivity contribution < 1.29 is 19.0 Å². The van der Waals surface area contributed by atoms with Crippen molar-refractivity contribution in [3.05, 3.63) is 70.3 Å². The van der Waals surface area contributed by atoms with Gasteiger partial charge in [0.25, 0.3) is 0 Å². The van der Waals surface area contributed by atoms with Gasteiger partial charge in [-0.25, -0.2) is 9.18 Å². The molecule has 1 saturated carbocycles. The van der Waals surface area contributed by atoms with Crippen LogP contribution in [-0.2, 0) is 6.54 Å². The first-order valence-corrected chi connectivity index (χ1v) is 11.3. The third kappa shape index (κ3) is 3.54. The second-order valence-electron chi connectivity index (χ2n) is 9.26. The summed E-state index contributed by atoms with van der Waals surface area (Å²) in [7, 11) is 0. The molecular weight excluding hydrogens is 425 g/mol. The van der Waals surface area contributed by atoms with Gasteiger partial charge in [-0.05, 0) is 37.0 Å². The molecule has 1 aromatic heterocycles. The second-order valence-corrected chi connectivity index (χ2v) is 9.26. The summed E-state index contributed by atoms with van der Waals surface area (Å²) >= 11 is 0. The monoisotopic (exact) mass is 449 g/mol. The van der Waals surface area contributed by atoms with Crippen molar-refractivity contribution in [1.29, 1.82) is 0 Å². The predicted molar refractivity (Wildman–Crippen MR) is 121 cm³/mol. The number of aromatic nitrogens is 1. The molecule has 2 aromatic carbocycles. The Labute approximate surface area is 189 Å². The van der Waals surface area contributed by atoms with Gasteiger partial charge in [0.2, 0.25) is 5.43 Å². The first-order valence-electron chi connectivity index (χ1n) is 11.3. The van der Waals surface area contributed by atoms with Crippen molar-refractivity contribution in [2.45, 2.75) is 43.9 Å². The van der Waals surface area contributed by atoms with Crippen molar-refractivity contribution >= 4 is 22.7 Å². The lowest BCUT2D eigenvalue weighted by Crippen LogP contribution is -2.46. The molecular formula is C25H24FN3O4. The number of hydrogen-bond acceptors (Lipinski definition) is 5. The van der Waals surface area contributed by atoms with E-state index in [1.807, 2.05) is 22.8 Å². The predicted octanol–water partition coefficient (Wildman–Crippen LogP) is 4.00. The van der Waals surface area contributed by atoms with Gasteiger partial charge in [-0.15, -0.1) is 0 Å². The molecule has 0 spiro atoms. The lowest BCUT2D eigenvalue weighted by atomic mass is 10.1. The van der Waals surface area contributed by atoms with Gasteiger partial charge in [-0.2, -0.15) is 0 Å². The molecule has 3 fully saturated rings. The van der Waals surface area contributed by atoms with Crippen molar-refractivity contribution in [1.82, 2.24) is 9.47 Å². The molecule has 2 bridgehead atoms. The highest BCUT2D eigenvalue weighted by atomic mass is 19.1. The summed E-state index contributed by atoms with van der Waals surface area (Å²) in [4.78, 5) is 28.4. The van der Waals surface area contributed by atoms with E-state index in [4.69, 9.17) is 5.11 Å². The van der Waals surface area contributed by atoms with Crippen LogP contribution in [0.5, 0.6) is 5.75 Å². The lowest BCUT2D eigenvalue weighted by Gasteiger charge is -2.36. The Morgan fingerprint density at radius 1 is 1.09 bits per heavy atom. The Morgan fingerprint density at radius 2 is 1.88 bits per heavy atom. The Kier molecular flexibility index (Phi) is 4.65. The zero-order valence-electron chi connectivity index (χ0n) is 18.0. The molecule has 0 radical (unpaired) electrons. The number of fused-ring (bicyclic) bond motifs is 3. The molecule has 33 heavy (non-hydrogen) atoms. The maximum absolute atomic E-state index is 15.3. The van der Waals surface area contributed by atoms with Crippen LogP contribution in [0.3, 0.4) is 0 Å². The van der Waals surface area contributed by atoms with Gasteiger partial charge in [0.05, 0.1) is 22.8 Å². The third-order valence-electron chi connectivity index (χ3n) is 7.10. The standard InChI is InChI=1S/C25H24FN3O4/c26-20-9-19-21(29(16-6-7-16)14-23(24(19)30)33-25(31)32)10-22(20)28-13-17-8-18(28)12-27(17)11-15-4-2-1-3-5-15/h1-5,9-10,14,16-18H,6-8,11-13H2,(H,31,32). The Hall–Kier alpha value is -3.39. The smallest absolute Gasteiger partial charge is 0.449 e. The maximum Gasteiger partial charge on any atom is 0.511 e. The van der Waals surface area contributed by atoms with Gasteiger partial charge in [-0.1, -0.05) is 30.3 Å². The van der Waals surface area contributed by atoms with Crippen molar-refractivity contribution in [3.63, 3.8) is 0 Å². The van der Waals surface area contributed by atoms with E-state index in [1.165, 1.54) is 17.8 Å². The fraction of sp³-hybridized carbons (Fsp3) is 0.360. The second kappa shape index (κ2) is 7.59. The van der Waals surface area contributed by atoms with Crippen LogP contribution in [0.2, 0.25) is 0 Å². The van der Waals surface area contributed by atoms with Gasteiger partial charge in [0.15, 0.2) is 5.75 Å². The molecule has 7 nitrogen and oxygen atoms in total. The summed E-state index contributed by atoms with van der Waals surface area (Å²) in [5.74, 6) is -0.748. The summed E-state index contributed by atoms with van der Waals surface area (Å²) in [6.07, 6.45) is 2.75. The largest absolute Gasteiger partial charge is 0.511 e. The van der Waals surface area contributed by atoms with E-state index >= 15 is 4.39 Å². The molecule has 2 aliphatic heterocycles. The highest BCUT2D eigenvalue weighted by molar-refractivity contribution is 5.85. The number of benzene rings is 2. The molecule has 1 N–H and O–H groups in total. The number of pyridine rings is 1. The average Bonchev–Trinajstić information content (AvgIpc) is 3.46. The summed E-state index contributed by atoms with van der Waals surface area (Å²) < 4.78 is 21.9. The molecule has 2 atom stereocenters. The lowest BCUT2D eigenvalue weighted by molar-refractivity contribution is 0.143. The van der Waals surface area contributed by atoms with Crippen molar-refractivity contribution in [3.8, 4) is 5.75 Å². The highest BCUT2D eigenvalue weighted by Gasteiger charge is 2.44. The number of anilines is 1. The molecule has 170 valence electrons.